The normalized spacial score (nSPS) is 21.0. The molecule has 0 radical (unpaired) electrons. The highest BCUT2D eigenvalue weighted by molar-refractivity contribution is 6.32. The number of ketones is 1. The van der Waals surface area contributed by atoms with Gasteiger partial charge in [0.2, 0.25) is 0 Å². The van der Waals surface area contributed by atoms with E-state index in [-0.39, 0.29) is 6.42 Å². The number of allylic oxidation sites excluding steroid dienone is 2. The Morgan fingerprint density at radius 1 is 1.62 bits per heavy atom. The third-order valence-corrected chi connectivity index (χ3v) is 1.75. The van der Waals surface area contributed by atoms with E-state index in [1.807, 2.05) is 0 Å². The number of carbonyl (C=O) groups excluding carboxylic acids is 2. The van der Waals surface area contributed by atoms with E-state index >= 15 is 0 Å². The maximum atomic E-state index is 10.7. The van der Waals surface area contributed by atoms with Crippen molar-refractivity contribution >= 4 is 11.8 Å². The fourth-order valence-corrected chi connectivity index (χ4v) is 1.04. The number of aliphatic hydroxyl groups excluding tert-OH is 1. The second-order valence-electron chi connectivity index (χ2n) is 2.83. The van der Waals surface area contributed by atoms with E-state index in [1.54, 1.807) is 12.2 Å². The number of carboxylic acids is 1. The highest BCUT2D eigenvalue weighted by Crippen LogP contribution is 2.13. The number of aliphatic carboxylic acids is 1. The molecule has 0 saturated heterocycles. The van der Waals surface area contributed by atoms with Crippen LogP contribution in [-0.4, -0.2) is 23.0 Å². The highest BCUT2D eigenvalue weighted by Gasteiger charge is 2.09. The summed E-state index contributed by atoms with van der Waals surface area (Å²) in [5.74, 6) is -2.60. The summed E-state index contributed by atoms with van der Waals surface area (Å²) >= 11 is 0. The first kappa shape index (κ1) is 9.67. The summed E-state index contributed by atoms with van der Waals surface area (Å²) in [5.41, 5.74) is 0.611. The molecule has 1 aliphatic carbocycles. The third-order valence-electron chi connectivity index (χ3n) is 1.75. The van der Waals surface area contributed by atoms with E-state index in [0.29, 0.717) is 12.0 Å². The molecule has 0 aromatic rings. The summed E-state index contributed by atoms with van der Waals surface area (Å²) in [5, 5.41) is 19.1. The zero-order valence-corrected chi connectivity index (χ0v) is 6.90. The molecule has 0 amide bonds. The van der Waals surface area contributed by atoms with Crippen molar-refractivity contribution in [2.24, 2.45) is 0 Å². The minimum Gasteiger partial charge on any atom is -0.542 e. The van der Waals surface area contributed by atoms with E-state index in [9.17, 15) is 14.7 Å². The van der Waals surface area contributed by atoms with Gasteiger partial charge in [0.1, 0.15) is 5.97 Å². The predicted molar refractivity (Wildman–Crippen MR) is 42.5 cm³/mol. The molecule has 0 bridgehead atoms. The summed E-state index contributed by atoms with van der Waals surface area (Å²) in [6.07, 6.45) is 4.46. The SMILES string of the molecule is O=C([O-])C(=O)CC1=CCC(O)C=C1. The zero-order chi connectivity index (χ0) is 9.84. The maximum absolute atomic E-state index is 10.7. The Balaban J connectivity index is 2.52. The smallest absolute Gasteiger partial charge is 0.182 e. The summed E-state index contributed by atoms with van der Waals surface area (Å²) < 4.78 is 0. The van der Waals surface area contributed by atoms with Gasteiger partial charge in [0.05, 0.1) is 6.10 Å². The number of aliphatic hydroxyl groups is 1. The summed E-state index contributed by atoms with van der Waals surface area (Å²) in [4.78, 5) is 20.8. The molecule has 4 heteroatoms. The molecule has 1 unspecified atom stereocenters. The summed E-state index contributed by atoms with van der Waals surface area (Å²) in [6.45, 7) is 0. The van der Waals surface area contributed by atoms with E-state index in [2.05, 4.69) is 0 Å². The van der Waals surface area contributed by atoms with Crippen LogP contribution in [0.25, 0.3) is 0 Å². The summed E-state index contributed by atoms with van der Waals surface area (Å²) in [7, 11) is 0. The Hall–Kier alpha value is -1.42. The lowest BCUT2D eigenvalue weighted by atomic mass is 10.0. The molecule has 1 N–H and O–H groups in total. The van der Waals surface area contributed by atoms with Gasteiger partial charge in [-0.2, -0.15) is 0 Å². The van der Waals surface area contributed by atoms with Crippen LogP contribution in [0.2, 0.25) is 0 Å². The van der Waals surface area contributed by atoms with Gasteiger partial charge in [-0.1, -0.05) is 18.2 Å². The van der Waals surface area contributed by atoms with Crippen LogP contribution in [0, 0.1) is 0 Å². The Morgan fingerprint density at radius 3 is 2.77 bits per heavy atom. The Kier molecular flexibility index (Phi) is 2.97. The number of Topliss-reactive ketones (excluding diaryl/α,β-unsaturated/α-hetero) is 1. The van der Waals surface area contributed by atoms with Gasteiger partial charge in [0, 0.05) is 6.42 Å². The second kappa shape index (κ2) is 4.00. The molecule has 1 atom stereocenters. The van der Waals surface area contributed by atoms with E-state index in [1.165, 1.54) is 6.08 Å². The number of rotatable bonds is 3. The van der Waals surface area contributed by atoms with Crippen LogP contribution >= 0.6 is 0 Å². The monoisotopic (exact) mass is 181 g/mol. The largest absolute Gasteiger partial charge is 0.542 e. The van der Waals surface area contributed by atoms with Gasteiger partial charge in [-0.25, -0.2) is 0 Å². The fourth-order valence-electron chi connectivity index (χ4n) is 1.04. The number of hydrogen-bond acceptors (Lipinski definition) is 4. The molecule has 0 heterocycles. The second-order valence-corrected chi connectivity index (χ2v) is 2.83. The lowest BCUT2D eigenvalue weighted by Gasteiger charge is -2.10. The molecular weight excluding hydrogens is 172 g/mol. The topological polar surface area (TPSA) is 77.4 Å². The molecule has 1 aliphatic rings. The first-order valence-electron chi connectivity index (χ1n) is 3.89. The van der Waals surface area contributed by atoms with Crippen molar-refractivity contribution in [2.45, 2.75) is 18.9 Å². The minimum absolute atomic E-state index is 0.161. The van der Waals surface area contributed by atoms with Crippen molar-refractivity contribution in [1.29, 1.82) is 0 Å². The Labute approximate surface area is 75.2 Å². The van der Waals surface area contributed by atoms with Gasteiger partial charge in [-0.3, -0.25) is 4.79 Å². The number of carbonyl (C=O) groups is 2. The molecule has 0 aliphatic heterocycles. The van der Waals surface area contributed by atoms with E-state index in [0.717, 1.165) is 0 Å². The minimum atomic E-state index is -1.67. The third kappa shape index (κ3) is 2.83. The number of hydrogen-bond donors (Lipinski definition) is 1. The van der Waals surface area contributed by atoms with Crippen LogP contribution < -0.4 is 5.11 Å². The molecule has 0 aromatic heterocycles. The standard InChI is InChI=1S/C9H10O4/c10-7-3-1-6(2-4-7)5-8(11)9(12)13/h1-3,7,10H,4-5H2,(H,12,13)/p-1. The molecular formula is C9H9O4-. The van der Waals surface area contributed by atoms with Crippen molar-refractivity contribution in [1.82, 2.24) is 0 Å². The van der Waals surface area contributed by atoms with Gasteiger partial charge in [0.25, 0.3) is 0 Å². The van der Waals surface area contributed by atoms with Crippen molar-refractivity contribution in [2.75, 3.05) is 0 Å². The number of carboxylic acid groups (broad SMARTS) is 1. The predicted octanol–water partition coefficient (Wildman–Crippen LogP) is -1.06. The van der Waals surface area contributed by atoms with Crippen molar-refractivity contribution in [3.63, 3.8) is 0 Å². The van der Waals surface area contributed by atoms with Crippen LogP contribution in [0.1, 0.15) is 12.8 Å². The molecule has 0 aromatic carbocycles. The molecule has 13 heavy (non-hydrogen) atoms. The van der Waals surface area contributed by atoms with Gasteiger partial charge in [-0.05, 0) is 12.0 Å². The van der Waals surface area contributed by atoms with Crippen LogP contribution in [0.3, 0.4) is 0 Å². The molecule has 1 rings (SSSR count). The Morgan fingerprint density at radius 2 is 2.31 bits per heavy atom. The lowest BCUT2D eigenvalue weighted by molar-refractivity contribution is -0.299. The highest BCUT2D eigenvalue weighted by atomic mass is 16.4. The lowest BCUT2D eigenvalue weighted by Crippen LogP contribution is -2.31. The van der Waals surface area contributed by atoms with E-state index < -0.39 is 17.9 Å². The molecule has 70 valence electrons. The van der Waals surface area contributed by atoms with Crippen molar-refractivity contribution in [3.8, 4) is 0 Å². The van der Waals surface area contributed by atoms with Crippen LogP contribution in [0.5, 0.6) is 0 Å². The van der Waals surface area contributed by atoms with Crippen LogP contribution in [0.15, 0.2) is 23.8 Å². The maximum Gasteiger partial charge on any atom is 0.182 e. The van der Waals surface area contributed by atoms with Gasteiger partial charge < -0.3 is 15.0 Å². The average Bonchev–Trinajstić information content (AvgIpc) is 2.08. The average molecular weight is 181 g/mol. The van der Waals surface area contributed by atoms with Crippen LogP contribution in [0.4, 0.5) is 0 Å². The first-order chi connectivity index (χ1) is 6.09. The fraction of sp³-hybridized carbons (Fsp3) is 0.333. The van der Waals surface area contributed by atoms with Gasteiger partial charge in [0.15, 0.2) is 5.78 Å². The van der Waals surface area contributed by atoms with Gasteiger partial charge in [-0.15, -0.1) is 0 Å². The Bertz CT molecular complexity index is 288. The van der Waals surface area contributed by atoms with Gasteiger partial charge >= 0.3 is 0 Å². The van der Waals surface area contributed by atoms with Crippen molar-refractivity contribution < 1.29 is 19.8 Å². The quantitative estimate of drug-likeness (QED) is 0.563. The molecule has 0 spiro atoms. The molecule has 0 fully saturated rings. The zero-order valence-electron chi connectivity index (χ0n) is 6.90. The first-order valence-corrected chi connectivity index (χ1v) is 3.89. The summed E-state index contributed by atoms with van der Waals surface area (Å²) in [6, 6.07) is 0. The van der Waals surface area contributed by atoms with Crippen molar-refractivity contribution in [3.05, 3.63) is 23.8 Å². The molecule has 4 nitrogen and oxygen atoms in total. The van der Waals surface area contributed by atoms with E-state index in [4.69, 9.17) is 5.11 Å². The van der Waals surface area contributed by atoms with Crippen LogP contribution in [-0.2, 0) is 9.59 Å². The molecule has 0 saturated carbocycles.